The first kappa shape index (κ1) is 28.3. The standard InChI is InChI=1S/C23H29N4O9P/c1-13(2)34-22(30)15(4)26-37(32,36-16-8-6-5-7-9-16)33-12-18-19(28)17(10-24)21(35-18)27-11-14(3)20(29)25-23(27)31/h5-9,11,13,15,17-19,21,28H,12H2,1-4H3,(H,26,32)(H,25,29,31)/t15-,17+,18-,19?,21-,37-/m0/s1. The van der Waals surface area contributed by atoms with Crippen molar-refractivity contribution in [3.8, 4) is 11.8 Å². The van der Waals surface area contributed by atoms with Crippen LogP contribution in [-0.2, 0) is 23.4 Å². The zero-order valence-corrected chi connectivity index (χ0v) is 21.6. The van der Waals surface area contributed by atoms with E-state index in [4.69, 9.17) is 18.5 Å². The highest BCUT2D eigenvalue weighted by Gasteiger charge is 2.47. The summed E-state index contributed by atoms with van der Waals surface area (Å²) in [6, 6.07) is 8.88. The number of aromatic nitrogens is 2. The lowest BCUT2D eigenvalue weighted by atomic mass is 10.0. The number of aliphatic hydroxyl groups excluding tert-OH is 1. The summed E-state index contributed by atoms with van der Waals surface area (Å²) in [7, 11) is -4.26. The minimum absolute atomic E-state index is 0.179. The third kappa shape index (κ3) is 6.94. The van der Waals surface area contributed by atoms with Gasteiger partial charge in [0.15, 0.2) is 6.23 Å². The van der Waals surface area contributed by atoms with Crippen molar-refractivity contribution in [3.63, 3.8) is 0 Å². The molecular formula is C23H29N4O9P. The van der Waals surface area contributed by atoms with Gasteiger partial charge in [-0.1, -0.05) is 18.2 Å². The zero-order chi connectivity index (χ0) is 27.3. The minimum Gasteiger partial charge on any atom is -0.462 e. The van der Waals surface area contributed by atoms with Crippen molar-refractivity contribution in [1.82, 2.24) is 14.6 Å². The lowest BCUT2D eigenvalue weighted by Gasteiger charge is -2.25. The number of ether oxygens (including phenoxy) is 2. The van der Waals surface area contributed by atoms with Gasteiger partial charge in [0.2, 0.25) is 0 Å². The number of aromatic amines is 1. The van der Waals surface area contributed by atoms with Crippen molar-refractivity contribution in [2.45, 2.75) is 58.3 Å². The number of nitriles is 1. The quantitative estimate of drug-likeness (QED) is 0.295. The summed E-state index contributed by atoms with van der Waals surface area (Å²) >= 11 is 0. The second kappa shape index (κ2) is 11.9. The van der Waals surface area contributed by atoms with Gasteiger partial charge in [0.25, 0.3) is 5.56 Å². The Hall–Kier alpha value is -3.27. The van der Waals surface area contributed by atoms with E-state index in [9.17, 15) is 29.3 Å². The number of aryl methyl sites for hydroxylation is 1. The number of benzene rings is 1. The van der Waals surface area contributed by atoms with Gasteiger partial charge in [0.05, 0.1) is 18.8 Å². The summed E-state index contributed by atoms with van der Waals surface area (Å²) < 4.78 is 36.6. The van der Waals surface area contributed by atoms with Crippen molar-refractivity contribution >= 4 is 13.7 Å². The van der Waals surface area contributed by atoms with E-state index in [2.05, 4.69) is 10.1 Å². The van der Waals surface area contributed by atoms with Crippen LogP contribution in [0.3, 0.4) is 0 Å². The number of hydrogen-bond acceptors (Lipinski definition) is 10. The second-order valence-corrected chi connectivity index (χ2v) is 10.4. The Morgan fingerprint density at radius 1 is 1.30 bits per heavy atom. The highest BCUT2D eigenvalue weighted by Crippen LogP contribution is 2.46. The zero-order valence-electron chi connectivity index (χ0n) is 20.7. The Kier molecular flexibility index (Phi) is 9.07. The molecule has 0 amide bonds. The van der Waals surface area contributed by atoms with Crippen LogP contribution in [0.5, 0.6) is 5.75 Å². The predicted octanol–water partition coefficient (Wildman–Crippen LogP) is 1.38. The average molecular weight is 536 g/mol. The number of carbonyl (C=O) groups excluding carboxylic acids is 1. The normalized spacial score (nSPS) is 23.7. The molecule has 0 aliphatic carbocycles. The number of carbonyl (C=O) groups is 1. The molecule has 3 rings (SSSR count). The fraction of sp³-hybridized carbons (Fsp3) is 0.478. The number of rotatable bonds is 10. The average Bonchev–Trinajstić information content (AvgIpc) is 3.15. The monoisotopic (exact) mass is 536 g/mol. The van der Waals surface area contributed by atoms with Crippen LogP contribution in [0.4, 0.5) is 0 Å². The Morgan fingerprint density at radius 2 is 1.97 bits per heavy atom. The molecular weight excluding hydrogens is 507 g/mol. The molecule has 2 aromatic rings. The number of nitrogens with zero attached hydrogens (tertiary/aromatic N) is 2. The van der Waals surface area contributed by atoms with Gasteiger partial charge in [-0.05, 0) is 39.8 Å². The summed E-state index contributed by atoms with van der Waals surface area (Å²) in [5.41, 5.74) is -1.23. The molecule has 0 bridgehead atoms. The molecule has 37 heavy (non-hydrogen) atoms. The number of H-pyrrole nitrogens is 1. The van der Waals surface area contributed by atoms with E-state index in [1.807, 2.05) is 6.07 Å². The first-order valence-electron chi connectivity index (χ1n) is 11.5. The van der Waals surface area contributed by atoms with Gasteiger partial charge in [0, 0.05) is 11.8 Å². The maximum atomic E-state index is 13.6. The maximum Gasteiger partial charge on any atom is 0.459 e. The van der Waals surface area contributed by atoms with Crippen LogP contribution >= 0.6 is 7.75 Å². The van der Waals surface area contributed by atoms with Crippen molar-refractivity contribution < 1.29 is 33.0 Å². The summed E-state index contributed by atoms with van der Waals surface area (Å²) in [6.45, 7) is 5.68. The molecule has 200 valence electrons. The third-order valence-corrected chi connectivity index (χ3v) is 7.02. The number of hydrogen-bond donors (Lipinski definition) is 3. The van der Waals surface area contributed by atoms with Gasteiger partial charge in [0.1, 0.15) is 29.9 Å². The number of nitrogens with one attached hydrogen (secondary N) is 2. The van der Waals surface area contributed by atoms with Crippen molar-refractivity contribution in [3.05, 3.63) is 62.9 Å². The summed E-state index contributed by atoms with van der Waals surface area (Å²) in [5, 5.41) is 22.8. The van der Waals surface area contributed by atoms with Crippen molar-refractivity contribution in [2.75, 3.05) is 6.61 Å². The fourth-order valence-electron chi connectivity index (χ4n) is 3.54. The molecule has 1 saturated heterocycles. The molecule has 1 aromatic carbocycles. The molecule has 0 spiro atoms. The lowest BCUT2D eigenvalue weighted by molar-refractivity contribution is -0.149. The van der Waals surface area contributed by atoms with Crippen LogP contribution in [0.25, 0.3) is 0 Å². The van der Waals surface area contributed by atoms with E-state index in [0.717, 1.165) is 4.57 Å². The molecule has 1 aliphatic heterocycles. The number of esters is 1. The molecule has 2 heterocycles. The minimum atomic E-state index is -4.26. The Balaban J connectivity index is 1.81. The molecule has 1 fully saturated rings. The Labute approximate surface area is 212 Å². The highest BCUT2D eigenvalue weighted by molar-refractivity contribution is 7.52. The van der Waals surface area contributed by atoms with Crippen LogP contribution < -0.4 is 20.9 Å². The van der Waals surface area contributed by atoms with Gasteiger partial charge < -0.3 is 19.1 Å². The Bertz CT molecular complexity index is 1300. The van der Waals surface area contributed by atoms with Gasteiger partial charge in [-0.15, -0.1) is 0 Å². The van der Waals surface area contributed by atoms with Crippen LogP contribution in [0.15, 0.2) is 46.1 Å². The van der Waals surface area contributed by atoms with Crippen molar-refractivity contribution in [2.24, 2.45) is 5.92 Å². The lowest BCUT2D eigenvalue weighted by Crippen LogP contribution is -2.37. The molecule has 3 N–H and O–H groups in total. The van der Waals surface area contributed by atoms with E-state index in [-0.39, 0.29) is 11.3 Å². The molecule has 1 aliphatic rings. The van der Waals surface area contributed by atoms with E-state index in [1.165, 1.54) is 32.2 Å². The largest absolute Gasteiger partial charge is 0.462 e. The fourth-order valence-corrected chi connectivity index (χ4v) is 5.04. The molecule has 0 saturated carbocycles. The van der Waals surface area contributed by atoms with E-state index in [1.54, 1.807) is 32.0 Å². The smallest absolute Gasteiger partial charge is 0.459 e. The second-order valence-electron chi connectivity index (χ2n) is 8.72. The molecule has 6 atom stereocenters. The molecule has 1 aromatic heterocycles. The highest BCUT2D eigenvalue weighted by atomic mass is 31.2. The predicted molar refractivity (Wildman–Crippen MR) is 130 cm³/mol. The van der Waals surface area contributed by atoms with Crippen LogP contribution in [0, 0.1) is 24.2 Å². The van der Waals surface area contributed by atoms with Gasteiger partial charge in [-0.3, -0.25) is 23.7 Å². The van der Waals surface area contributed by atoms with Crippen molar-refractivity contribution in [1.29, 1.82) is 5.26 Å². The van der Waals surface area contributed by atoms with E-state index >= 15 is 0 Å². The first-order chi connectivity index (χ1) is 17.4. The first-order valence-corrected chi connectivity index (χ1v) is 13.0. The van der Waals surface area contributed by atoms with Crippen LogP contribution in [0.1, 0.15) is 32.6 Å². The van der Waals surface area contributed by atoms with E-state index in [0.29, 0.717) is 0 Å². The molecule has 13 nitrogen and oxygen atoms in total. The molecule has 0 radical (unpaired) electrons. The van der Waals surface area contributed by atoms with Gasteiger partial charge in [-0.25, -0.2) is 9.36 Å². The summed E-state index contributed by atoms with van der Waals surface area (Å²) in [6.07, 6.45) is -3.09. The van der Waals surface area contributed by atoms with Crippen LogP contribution in [-0.4, -0.2) is 51.6 Å². The van der Waals surface area contributed by atoms with Gasteiger partial charge in [-0.2, -0.15) is 10.3 Å². The summed E-state index contributed by atoms with van der Waals surface area (Å²) in [5.74, 6) is -1.72. The Morgan fingerprint density at radius 3 is 2.59 bits per heavy atom. The maximum absolute atomic E-state index is 13.6. The van der Waals surface area contributed by atoms with Crippen LogP contribution in [0.2, 0.25) is 0 Å². The third-order valence-electron chi connectivity index (χ3n) is 5.37. The van der Waals surface area contributed by atoms with E-state index < -0.39 is 68.1 Å². The van der Waals surface area contributed by atoms with Gasteiger partial charge >= 0.3 is 19.4 Å². The number of aliphatic hydroxyl groups is 1. The molecule has 14 heteroatoms. The summed E-state index contributed by atoms with van der Waals surface area (Å²) in [4.78, 5) is 38.4. The molecule has 1 unspecified atom stereocenters. The SMILES string of the molecule is Cc1cn([C@H]2O[C@@H](CO[P@@](=O)(N[C@@H](C)C(=O)OC(C)C)Oc3ccccc3)C(O)[C@H]2C#N)c(=O)[nH]c1=O. The number of para-hydroxylation sites is 1. The topological polar surface area (TPSA) is 182 Å².